The van der Waals surface area contributed by atoms with E-state index in [1.807, 2.05) is 11.0 Å². The predicted molar refractivity (Wildman–Crippen MR) is 56.6 cm³/mol. The van der Waals surface area contributed by atoms with Crippen LogP contribution in [-0.4, -0.2) is 33.8 Å². The first-order valence-electron chi connectivity index (χ1n) is 5.42. The second-order valence-electron chi connectivity index (χ2n) is 4.59. The molecule has 3 rings (SSSR count). The van der Waals surface area contributed by atoms with Crippen molar-refractivity contribution in [1.29, 1.82) is 5.26 Å². The van der Waals surface area contributed by atoms with Crippen molar-refractivity contribution in [2.24, 2.45) is 5.92 Å². The summed E-state index contributed by atoms with van der Waals surface area (Å²) < 4.78 is 0. The Balaban J connectivity index is 1.73. The minimum absolute atomic E-state index is 0.367. The molecule has 0 atom stereocenters. The molecule has 1 aliphatic heterocycles. The molecule has 5 heteroatoms. The lowest BCUT2D eigenvalue weighted by atomic mass is 9.89. The van der Waals surface area contributed by atoms with E-state index in [1.54, 1.807) is 12.3 Å². The van der Waals surface area contributed by atoms with Crippen molar-refractivity contribution < 1.29 is 5.11 Å². The molecule has 2 aliphatic rings. The Morgan fingerprint density at radius 1 is 1.50 bits per heavy atom. The van der Waals surface area contributed by atoms with Crippen LogP contribution in [0.1, 0.15) is 18.5 Å². The lowest BCUT2D eigenvalue weighted by molar-refractivity contribution is -0.0102. The van der Waals surface area contributed by atoms with Gasteiger partial charge in [0.2, 0.25) is 5.95 Å². The van der Waals surface area contributed by atoms with E-state index in [9.17, 15) is 5.11 Å². The third-order valence-electron chi connectivity index (χ3n) is 3.31. The van der Waals surface area contributed by atoms with Crippen LogP contribution >= 0.6 is 0 Å². The summed E-state index contributed by atoms with van der Waals surface area (Å²) in [6.07, 6.45) is 3.84. The lowest BCUT2D eigenvalue weighted by Gasteiger charge is -2.46. The van der Waals surface area contributed by atoms with Gasteiger partial charge in [-0.25, -0.2) is 9.97 Å². The van der Waals surface area contributed by atoms with Crippen LogP contribution in [-0.2, 0) is 0 Å². The first-order chi connectivity index (χ1) is 7.71. The van der Waals surface area contributed by atoms with Crippen LogP contribution in [0.5, 0.6) is 0 Å². The third-order valence-corrected chi connectivity index (χ3v) is 3.31. The van der Waals surface area contributed by atoms with E-state index in [0.29, 0.717) is 30.6 Å². The SMILES string of the molecule is N#Cc1ccnc(N2CC(O)(C3CC3)C2)n1. The number of nitrogens with zero attached hydrogens (tertiary/aromatic N) is 4. The van der Waals surface area contributed by atoms with Gasteiger partial charge in [0, 0.05) is 6.20 Å². The second kappa shape index (κ2) is 3.16. The monoisotopic (exact) mass is 216 g/mol. The van der Waals surface area contributed by atoms with Gasteiger partial charge in [-0.1, -0.05) is 0 Å². The lowest BCUT2D eigenvalue weighted by Crippen LogP contribution is -2.63. The van der Waals surface area contributed by atoms with Crippen molar-refractivity contribution in [1.82, 2.24) is 9.97 Å². The normalized spacial score (nSPS) is 22.4. The van der Waals surface area contributed by atoms with Crippen LogP contribution in [0.2, 0.25) is 0 Å². The summed E-state index contributed by atoms with van der Waals surface area (Å²) in [4.78, 5) is 10.1. The number of hydrogen-bond acceptors (Lipinski definition) is 5. The van der Waals surface area contributed by atoms with Crippen molar-refractivity contribution in [3.63, 3.8) is 0 Å². The fraction of sp³-hybridized carbons (Fsp3) is 0.545. The van der Waals surface area contributed by atoms with Crippen LogP contribution in [0.25, 0.3) is 0 Å². The fourth-order valence-electron chi connectivity index (χ4n) is 2.20. The minimum Gasteiger partial charge on any atom is -0.386 e. The summed E-state index contributed by atoms with van der Waals surface area (Å²) in [5, 5.41) is 18.9. The fourth-order valence-corrected chi connectivity index (χ4v) is 2.20. The molecule has 0 radical (unpaired) electrons. The van der Waals surface area contributed by atoms with Gasteiger partial charge in [-0.3, -0.25) is 0 Å². The summed E-state index contributed by atoms with van der Waals surface area (Å²) in [5.74, 6) is 1.01. The molecule has 1 saturated carbocycles. The molecule has 5 nitrogen and oxygen atoms in total. The van der Waals surface area contributed by atoms with E-state index < -0.39 is 5.60 Å². The van der Waals surface area contributed by atoms with E-state index in [-0.39, 0.29) is 0 Å². The maximum atomic E-state index is 10.1. The molecular weight excluding hydrogens is 204 g/mol. The average molecular weight is 216 g/mol. The molecular formula is C11H12N4O. The molecule has 2 heterocycles. The van der Waals surface area contributed by atoms with E-state index >= 15 is 0 Å². The zero-order valence-corrected chi connectivity index (χ0v) is 8.80. The third kappa shape index (κ3) is 1.42. The maximum absolute atomic E-state index is 10.1. The molecule has 0 unspecified atom stereocenters. The molecule has 16 heavy (non-hydrogen) atoms. The molecule has 0 spiro atoms. The largest absolute Gasteiger partial charge is 0.386 e. The van der Waals surface area contributed by atoms with Crippen LogP contribution < -0.4 is 4.90 Å². The Morgan fingerprint density at radius 3 is 2.88 bits per heavy atom. The Labute approximate surface area is 93.4 Å². The highest BCUT2D eigenvalue weighted by Gasteiger charge is 2.52. The average Bonchev–Trinajstić information content (AvgIpc) is 3.09. The van der Waals surface area contributed by atoms with E-state index in [0.717, 1.165) is 12.8 Å². The molecule has 2 fully saturated rings. The van der Waals surface area contributed by atoms with Crippen LogP contribution in [0.15, 0.2) is 12.3 Å². The summed E-state index contributed by atoms with van der Waals surface area (Å²) in [6, 6.07) is 3.57. The van der Waals surface area contributed by atoms with Crippen LogP contribution in [0, 0.1) is 17.2 Å². The first kappa shape index (κ1) is 9.55. The van der Waals surface area contributed by atoms with Crippen LogP contribution in [0.4, 0.5) is 5.95 Å². The summed E-state index contributed by atoms with van der Waals surface area (Å²) in [6.45, 7) is 1.18. The predicted octanol–water partition coefficient (Wildman–Crippen LogP) is 0.309. The Bertz CT molecular complexity index is 457. The van der Waals surface area contributed by atoms with Crippen molar-refractivity contribution in [2.45, 2.75) is 18.4 Å². The second-order valence-corrected chi connectivity index (χ2v) is 4.59. The number of anilines is 1. The molecule has 1 N–H and O–H groups in total. The molecule has 1 aromatic heterocycles. The summed E-state index contributed by atoms with van der Waals surface area (Å²) in [7, 11) is 0. The van der Waals surface area contributed by atoms with Gasteiger partial charge in [0.15, 0.2) is 0 Å². The van der Waals surface area contributed by atoms with Gasteiger partial charge < -0.3 is 10.0 Å². The molecule has 82 valence electrons. The highest BCUT2D eigenvalue weighted by Crippen LogP contribution is 2.45. The molecule has 0 aromatic carbocycles. The Hall–Kier alpha value is -1.67. The quantitative estimate of drug-likeness (QED) is 0.770. The summed E-state index contributed by atoms with van der Waals surface area (Å²) >= 11 is 0. The topological polar surface area (TPSA) is 73.0 Å². The van der Waals surface area contributed by atoms with Crippen molar-refractivity contribution >= 4 is 5.95 Å². The van der Waals surface area contributed by atoms with Gasteiger partial charge >= 0.3 is 0 Å². The van der Waals surface area contributed by atoms with E-state index in [4.69, 9.17) is 5.26 Å². The first-order valence-corrected chi connectivity index (χ1v) is 5.42. The highest BCUT2D eigenvalue weighted by molar-refractivity contribution is 5.40. The summed E-state index contributed by atoms with van der Waals surface area (Å²) in [5.41, 5.74) is -0.168. The molecule has 1 aliphatic carbocycles. The van der Waals surface area contributed by atoms with Crippen molar-refractivity contribution in [3.05, 3.63) is 18.0 Å². The zero-order valence-electron chi connectivity index (χ0n) is 8.80. The van der Waals surface area contributed by atoms with Crippen molar-refractivity contribution in [3.8, 4) is 6.07 Å². The number of β-amino-alcohol motifs (C(OH)–C–C–N with tert-alkyl or cyclic N) is 1. The zero-order chi connectivity index (χ0) is 11.2. The van der Waals surface area contributed by atoms with E-state index in [1.165, 1.54) is 0 Å². The molecule has 1 saturated heterocycles. The smallest absolute Gasteiger partial charge is 0.226 e. The van der Waals surface area contributed by atoms with Gasteiger partial charge in [-0.15, -0.1) is 0 Å². The number of aliphatic hydroxyl groups is 1. The van der Waals surface area contributed by atoms with E-state index in [2.05, 4.69) is 9.97 Å². The van der Waals surface area contributed by atoms with Crippen molar-refractivity contribution in [2.75, 3.05) is 18.0 Å². The van der Waals surface area contributed by atoms with Gasteiger partial charge in [0.1, 0.15) is 17.4 Å². The van der Waals surface area contributed by atoms with Gasteiger partial charge in [-0.2, -0.15) is 5.26 Å². The highest BCUT2D eigenvalue weighted by atomic mass is 16.3. The van der Waals surface area contributed by atoms with Gasteiger partial charge in [0.05, 0.1) is 13.1 Å². The van der Waals surface area contributed by atoms with Crippen LogP contribution in [0.3, 0.4) is 0 Å². The number of rotatable bonds is 2. The number of aromatic nitrogens is 2. The molecule has 0 amide bonds. The maximum Gasteiger partial charge on any atom is 0.226 e. The number of hydrogen-bond donors (Lipinski definition) is 1. The Kier molecular flexibility index (Phi) is 1.88. The minimum atomic E-state index is -0.536. The molecule has 0 bridgehead atoms. The van der Waals surface area contributed by atoms with Gasteiger partial charge in [-0.05, 0) is 24.8 Å². The Morgan fingerprint density at radius 2 is 2.25 bits per heavy atom. The molecule has 1 aromatic rings. The van der Waals surface area contributed by atoms with Gasteiger partial charge in [0.25, 0.3) is 0 Å². The standard InChI is InChI=1S/C11H12N4O/c12-5-9-3-4-13-10(14-9)15-6-11(16,7-15)8-1-2-8/h3-4,8,16H,1-2,6-7H2. The number of nitriles is 1.